The van der Waals surface area contributed by atoms with E-state index in [2.05, 4.69) is 17.4 Å². The lowest BCUT2D eigenvalue weighted by molar-refractivity contribution is -0.120. The van der Waals surface area contributed by atoms with Crippen LogP contribution in [0.25, 0.3) is 11.1 Å². The first-order valence-corrected chi connectivity index (χ1v) is 9.35. The minimum atomic E-state index is -0.0608. The van der Waals surface area contributed by atoms with E-state index in [9.17, 15) is 4.79 Å². The predicted molar refractivity (Wildman–Crippen MR) is 114 cm³/mol. The van der Waals surface area contributed by atoms with Gasteiger partial charge in [-0.2, -0.15) is 0 Å². The second kappa shape index (κ2) is 9.64. The van der Waals surface area contributed by atoms with Crippen molar-refractivity contribution in [1.29, 1.82) is 0 Å². The highest BCUT2D eigenvalue weighted by Crippen LogP contribution is 2.39. The number of amides is 1. The molecule has 0 aliphatic rings. The largest absolute Gasteiger partial charge is 0.493 e. The van der Waals surface area contributed by atoms with Crippen molar-refractivity contribution in [3.8, 4) is 28.4 Å². The van der Waals surface area contributed by atoms with Crippen LogP contribution in [-0.2, 0) is 17.8 Å². The van der Waals surface area contributed by atoms with E-state index in [0.717, 1.165) is 22.3 Å². The molecule has 0 radical (unpaired) electrons. The Bertz CT molecular complexity index is 953. The molecule has 1 N–H and O–H groups in total. The fourth-order valence-corrected chi connectivity index (χ4v) is 3.19. The van der Waals surface area contributed by atoms with Crippen LogP contribution in [0.5, 0.6) is 17.2 Å². The molecule has 3 aromatic carbocycles. The van der Waals surface area contributed by atoms with Gasteiger partial charge in [0.1, 0.15) is 0 Å². The molecule has 150 valence electrons. The Morgan fingerprint density at radius 3 is 2.03 bits per heavy atom. The van der Waals surface area contributed by atoms with E-state index < -0.39 is 0 Å². The lowest BCUT2D eigenvalue weighted by Crippen LogP contribution is -2.24. The van der Waals surface area contributed by atoms with Gasteiger partial charge in [0.15, 0.2) is 11.5 Å². The molecule has 3 aromatic rings. The number of hydrogen-bond acceptors (Lipinski definition) is 4. The number of methoxy groups -OCH3 is 3. The van der Waals surface area contributed by atoms with E-state index in [0.29, 0.717) is 30.2 Å². The topological polar surface area (TPSA) is 56.8 Å². The summed E-state index contributed by atoms with van der Waals surface area (Å²) in [5.74, 6) is 1.59. The second-order valence-electron chi connectivity index (χ2n) is 6.51. The van der Waals surface area contributed by atoms with Crippen molar-refractivity contribution in [3.05, 3.63) is 77.9 Å². The molecular formula is C24H25NO4. The first kappa shape index (κ1) is 20.3. The fraction of sp³-hybridized carbons (Fsp3) is 0.208. The standard InChI is InChI=1S/C24H25NO4/c1-27-21-14-13-20(23(28-2)24(21)29-3)16-25-22(26)15-17-9-11-19(12-10-17)18-7-5-4-6-8-18/h4-14H,15-16H2,1-3H3,(H,25,26). The van der Waals surface area contributed by atoms with E-state index in [4.69, 9.17) is 14.2 Å². The Morgan fingerprint density at radius 1 is 0.759 bits per heavy atom. The van der Waals surface area contributed by atoms with Crippen molar-refractivity contribution < 1.29 is 19.0 Å². The maximum atomic E-state index is 12.4. The summed E-state index contributed by atoms with van der Waals surface area (Å²) < 4.78 is 16.1. The summed E-state index contributed by atoms with van der Waals surface area (Å²) in [6, 6.07) is 21.9. The van der Waals surface area contributed by atoms with Gasteiger partial charge in [-0.1, -0.05) is 54.6 Å². The number of benzene rings is 3. The van der Waals surface area contributed by atoms with Gasteiger partial charge >= 0.3 is 0 Å². The SMILES string of the molecule is COc1ccc(CNC(=O)Cc2ccc(-c3ccccc3)cc2)c(OC)c1OC. The molecule has 1 amide bonds. The maximum Gasteiger partial charge on any atom is 0.224 e. The molecule has 5 nitrogen and oxygen atoms in total. The summed E-state index contributed by atoms with van der Waals surface area (Å²) in [6.07, 6.45) is 0.310. The molecule has 0 bridgehead atoms. The minimum Gasteiger partial charge on any atom is -0.493 e. The Kier molecular flexibility index (Phi) is 6.74. The Labute approximate surface area is 171 Å². The van der Waals surface area contributed by atoms with Crippen LogP contribution in [0.4, 0.5) is 0 Å². The highest BCUT2D eigenvalue weighted by Gasteiger charge is 2.16. The molecule has 0 aliphatic heterocycles. The van der Waals surface area contributed by atoms with Crippen LogP contribution in [0.1, 0.15) is 11.1 Å². The average Bonchev–Trinajstić information content (AvgIpc) is 2.77. The summed E-state index contributed by atoms with van der Waals surface area (Å²) in [6.45, 7) is 0.338. The normalized spacial score (nSPS) is 10.3. The van der Waals surface area contributed by atoms with Crippen LogP contribution in [-0.4, -0.2) is 27.2 Å². The molecule has 3 rings (SSSR count). The number of ether oxygens (including phenoxy) is 3. The smallest absolute Gasteiger partial charge is 0.224 e. The molecule has 0 heterocycles. The highest BCUT2D eigenvalue weighted by atomic mass is 16.5. The summed E-state index contributed by atoms with van der Waals surface area (Å²) in [4.78, 5) is 12.4. The van der Waals surface area contributed by atoms with Crippen molar-refractivity contribution in [2.75, 3.05) is 21.3 Å². The molecule has 5 heteroatoms. The lowest BCUT2D eigenvalue weighted by Gasteiger charge is -2.16. The Balaban J connectivity index is 1.63. The summed E-state index contributed by atoms with van der Waals surface area (Å²) in [5.41, 5.74) is 4.06. The van der Waals surface area contributed by atoms with Gasteiger partial charge in [0.05, 0.1) is 27.8 Å². The quantitative estimate of drug-likeness (QED) is 0.624. The van der Waals surface area contributed by atoms with Gasteiger partial charge in [0.25, 0.3) is 0 Å². The molecule has 0 saturated carbocycles. The molecule has 0 unspecified atom stereocenters. The Hall–Kier alpha value is -3.47. The van der Waals surface area contributed by atoms with Gasteiger partial charge in [-0.15, -0.1) is 0 Å². The van der Waals surface area contributed by atoms with Gasteiger partial charge in [0, 0.05) is 12.1 Å². The number of hydrogen-bond donors (Lipinski definition) is 1. The minimum absolute atomic E-state index is 0.0608. The Morgan fingerprint density at radius 2 is 1.41 bits per heavy atom. The summed E-state index contributed by atoms with van der Waals surface area (Å²) >= 11 is 0. The van der Waals surface area contributed by atoms with Crippen molar-refractivity contribution in [3.63, 3.8) is 0 Å². The van der Waals surface area contributed by atoms with Crippen molar-refractivity contribution in [2.45, 2.75) is 13.0 Å². The number of rotatable bonds is 8. The molecule has 0 saturated heterocycles. The van der Waals surface area contributed by atoms with E-state index in [-0.39, 0.29) is 5.91 Å². The van der Waals surface area contributed by atoms with E-state index >= 15 is 0 Å². The first-order valence-electron chi connectivity index (χ1n) is 9.35. The van der Waals surface area contributed by atoms with Crippen LogP contribution >= 0.6 is 0 Å². The fourth-order valence-electron chi connectivity index (χ4n) is 3.19. The molecular weight excluding hydrogens is 366 g/mol. The van der Waals surface area contributed by atoms with Crippen LogP contribution in [0, 0.1) is 0 Å². The third kappa shape index (κ3) is 4.88. The zero-order valence-corrected chi connectivity index (χ0v) is 16.9. The van der Waals surface area contributed by atoms with Crippen molar-refractivity contribution in [1.82, 2.24) is 5.32 Å². The second-order valence-corrected chi connectivity index (χ2v) is 6.51. The van der Waals surface area contributed by atoms with Crippen molar-refractivity contribution >= 4 is 5.91 Å². The van der Waals surface area contributed by atoms with Crippen LogP contribution in [0.15, 0.2) is 66.7 Å². The van der Waals surface area contributed by atoms with Gasteiger partial charge in [-0.25, -0.2) is 0 Å². The molecule has 0 aliphatic carbocycles. The molecule has 0 atom stereocenters. The highest BCUT2D eigenvalue weighted by molar-refractivity contribution is 5.79. The van der Waals surface area contributed by atoms with E-state index in [1.54, 1.807) is 27.4 Å². The van der Waals surface area contributed by atoms with E-state index in [1.807, 2.05) is 48.5 Å². The molecule has 0 spiro atoms. The van der Waals surface area contributed by atoms with Gasteiger partial charge in [-0.05, 0) is 28.8 Å². The third-order valence-corrected chi connectivity index (χ3v) is 4.69. The number of carbonyl (C=O) groups is 1. The molecule has 29 heavy (non-hydrogen) atoms. The summed E-state index contributed by atoms with van der Waals surface area (Å²) in [5, 5.41) is 2.94. The predicted octanol–water partition coefficient (Wildman–Crippen LogP) is 4.24. The van der Waals surface area contributed by atoms with Gasteiger partial charge < -0.3 is 19.5 Å². The first-order chi connectivity index (χ1) is 14.2. The monoisotopic (exact) mass is 391 g/mol. The molecule has 0 aromatic heterocycles. The van der Waals surface area contributed by atoms with Crippen LogP contribution in [0.3, 0.4) is 0 Å². The van der Waals surface area contributed by atoms with E-state index in [1.165, 1.54) is 0 Å². The third-order valence-electron chi connectivity index (χ3n) is 4.69. The summed E-state index contributed by atoms with van der Waals surface area (Å²) in [7, 11) is 4.69. The lowest BCUT2D eigenvalue weighted by atomic mass is 10.0. The number of nitrogens with one attached hydrogen (secondary N) is 1. The zero-order valence-electron chi connectivity index (χ0n) is 16.9. The molecule has 0 fully saturated rings. The zero-order chi connectivity index (χ0) is 20.6. The van der Waals surface area contributed by atoms with Crippen LogP contribution in [0.2, 0.25) is 0 Å². The maximum absolute atomic E-state index is 12.4. The number of carbonyl (C=O) groups excluding carboxylic acids is 1. The van der Waals surface area contributed by atoms with Crippen LogP contribution < -0.4 is 19.5 Å². The van der Waals surface area contributed by atoms with Crippen molar-refractivity contribution in [2.24, 2.45) is 0 Å². The average molecular weight is 391 g/mol. The van der Waals surface area contributed by atoms with Gasteiger partial charge in [0.2, 0.25) is 11.7 Å². The van der Waals surface area contributed by atoms with Gasteiger partial charge in [-0.3, -0.25) is 4.79 Å².